The van der Waals surface area contributed by atoms with Gasteiger partial charge in [-0.25, -0.2) is 4.79 Å². The molecule has 0 spiro atoms. The summed E-state index contributed by atoms with van der Waals surface area (Å²) in [5.74, 6) is 5.14. The van der Waals surface area contributed by atoms with Gasteiger partial charge in [-0.3, -0.25) is 0 Å². The van der Waals surface area contributed by atoms with E-state index in [0.717, 1.165) is 19.3 Å². The number of hydrogen-bond donors (Lipinski definition) is 1. The lowest BCUT2D eigenvalue weighted by Gasteiger charge is -2.34. The third-order valence-electron chi connectivity index (χ3n) is 2.44. The summed E-state index contributed by atoms with van der Waals surface area (Å²) in [4.78, 5) is 13.6. The Bertz CT molecular complexity index is 276. The predicted octanol–water partition coefficient (Wildman–Crippen LogP) is 2.14. The lowest BCUT2D eigenvalue weighted by molar-refractivity contribution is 0.0171. The summed E-state index contributed by atoms with van der Waals surface area (Å²) in [6.07, 6.45) is 4.34. The topological polar surface area (TPSA) is 67.9 Å². The van der Waals surface area contributed by atoms with E-state index in [-0.39, 0.29) is 24.5 Å². The first kappa shape index (κ1) is 16.0. The van der Waals surface area contributed by atoms with Crippen LogP contribution in [-0.4, -0.2) is 35.4 Å². The van der Waals surface area contributed by atoms with Crippen molar-refractivity contribution < 1.29 is 9.53 Å². The molecule has 1 heterocycles. The second kappa shape index (κ2) is 6.69. The molecule has 1 saturated heterocycles. The van der Waals surface area contributed by atoms with Crippen LogP contribution in [0.15, 0.2) is 5.10 Å². The minimum Gasteiger partial charge on any atom is -0.444 e. The number of carbonyl (C=O) groups is 1. The van der Waals surface area contributed by atoms with Crippen molar-refractivity contribution in [2.75, 3.05) is 6.54 Å². The van der Waals surface area contributed by atoms with Crippen LogP contribution >= 0.6 is 12.4 Å². The first-order valence-electron chi connectivity index (χ1n) is 5.67. The zero-order valence-corrected chi connectivity index (χ0v) is 11.5. The van der Waals surface area contributed by atoms with Gasteiger partial charge in [-0.05, 0) is 40.0 Å². The minimum atomic E-state index is -0.459. The van der Waals surface area contributed by atoms with Gasteiger partial charge in [0.25, 0.3) is 0 Å². The Balaban J connectivity index is 0.00000256. The van der Waals surface area contributed by atoms with Gasteiger partial charge in [0.05, 0.1) is 6.04 Å². The van der Waals surface area contributed by atoms with E-state index in [0.29, 0.717) is 6.54 Å². The van der Waals surface area contributed by atoms with Gasteiger partial charge < -0.3 is 15.5 Å². The number of nitrogens with two attached hydrogens (primary N) is 1. The highest BCUT2D eigenvalue weighted by Crippen LogP contribution is 2.19. The number of piperidine rings is 1. The monoisotopic (exact) mass is 263 g/mol. The van der Waals surface area contributed by atoms with E-state index < -0.39 is 5.60 Å². The summed E-state index contributed by atoms with van der Waals surface area (Å²) in [5.41, 5.74) is -0.459. The van der Waals surface area contributed by atoms with E-state index in [1.165, 1.54) is 0 Å². The van der Waals surface area contributed by atoms with Crippen LogP contribution in [0.1, 0.15) is 40.0 Å². The average molecular weight is 264 g/mol. The van der Waals surface area contributed by atoms with Crippen molar-refractivity contribution in [3.63, 3.8) is 0 Å². The average Bonchev–Trinajstić information content (AvgIpc) is 2.16. The maximum atomic E-state index is 11.9. The lowest BCUT2D eigenvalue weighted by Crippen LogP contribution is -2.47. The molecule has 0 aromatic carbocycles. The molecule has 0 saturated carbocycles. The SMILES string of the molecule is CC(C)(C)OC(=O)N1CCCCC1/C=N/N.Cl. The Morgan fingerprint density at radius 1 is 1.47 bits per heavy atom. The molecule has 0 aromatic heterocycles. The molecule has 1 atom stereocenters. The number of carbonyl (C=O) groups excluding carboxylic acids is 1. The Labute approximate surface area is 109 Å². The summed E-state index contributed by atoms with van der Waals surface area (Å²) in [5, 5.41) is 3.51. The molecule has 1 rings (SSSR count). The van der Waals surface area contributed by atoms with Crippen LogP contribution in [0, 0.1) is 0 Å². The molecule has 0 aliphatic carbocycles. The molecule has 6 heteroatoms. The zero-order chi connectivity index (χ0) is 12.2. The number of likely N-dealkylation sites (tertiary alicyclic amines) is 1. The molecule has 1 aliphatic heterocycles. The fourth-order valence-electron chi connectivity index (χ4n) is 1.76. The van der Waals surface area contributed by atoms with E-state index in [1.54, 1.807) is 11.1 Å². The Hall–Kier alpha value is -0.970. The summed E-state index contributed by atoms with van der Waals surface area (Å²) in [6, 6.07) is -0.0198. The third kappa shape index (κ3) is 5.26. The molecule has 0 bridgehead atoms. The fraction of sp³-hybridized carbons (Fsp3) is 0.818. The second-order valence-corrected chi connectivity index (χ2v) is 5.04. The highest BCUT2D eigenvalue weighted by Gasteiger charge is 2.29. The van der Waals surface area contributed by atoms with Crippen LogP contribution in [0.5, 0.6) is 0 Å². The van der Waals surface area contributed by atoms with E-state index in [4.69, 9.17) is 10.6 Å². The van der Waals surface area contributed by atoms with Gasteiger partial charge in [-0.1, -0.05) is 0 Å². The molecular weight excluding hydrogens is 242 g/mol. The molecule has 1 aliphatic rings. The summed E-state index contributed by atoms with van der Waals surface area (Å²) in [7, 11) is 0. The molecule has 0 aromatic rings. The number of ether oxygens (including phenoxy) is 1. The minimum absolute atomic E-state index is 0. The van der Waals surface area contributed by atoms with Crippen molar-refractivity contribution in [3.05, 3.63) is 0 Å². The highest BCUT2D eigenvalue weighted by molar-refractivity contribution is 5.85. The van der Waals surface area contributed by atoms with E-state index in [1.807, 2.05) is 20.8 Å². The number of rotatable bonds is 1. The van der Waals surface area contributed by atoms with Crippen molar-refractivity contribution in [1.29, 1.82) is 0 Å². The van der Waals surface area contributed by atoms with Crippen LogP contribution in [0.25, 0.3) is 0 Å². The van der Waals surface area contributed by atoms with Crippen molar-refractivity contribution in [1.82, 2.24) is 4.90 Å². The van der Waals surface area contributed by atoms with Crippen molar-refractivity contribution >= 4 is 24.7 Å². The third-order valence-corrected chi connectivity index (χ3v) is 2.44. The van der Waals surface area contributed by atoms with Crippen molar-refractivity contribution in [2.45, 2.75) is 51.7 Å². The molecule has 1 unspecified atom stereocenters. The lowest BCUT2D eigenvalue weighted by atomic mass is 10.0. The molecule has 2 N–H and O–H groups in total. The largest absolute Gasteiger partial charge is 0.444 e. The Kier molecular flexibility index (Phi) is 6.31. The van der Waals surface area contributed by atoms with E-state index >= 15 is 0 Å². The quantitative estimate of drug-likeness (QED) is 0.448. The first-order chi connectivity index (χ1) is 7.44. The molecule has 1 fully saturated rings. The summed E-state index contributed by atoms with van der Waals surface area (Å²) >= 11 is 0. The number of amides is 1. The Morgan fingerprint density at radius 2 is 2.12 bits per heavy atom. The zero-order valence-electron chi connectivity index (χ0n) is 10.7. The second-order valence-electron chi connectivity index (χ2n) is 5.04. The first-order valence-corrected chi connectivity index (χ1v) is 5.67. The normalized spacial score (nSPS) is 21.1. The van der Waals surface area contributed by atoms with Crippen LogP contribution in [0.3, 0.4) is 0 Å². The number of hydrazone groups is 1. The number of hydrogen-bond acceptors (Lipinski definition) is 4. The van der Waals surface area contributed by atoms with Crippen LogP contribution < -0.4 is 5.84 Å². The van der Waals surface area contributed by atoms with Crippen LogP contribution in [0.4, 0.5) is 4.79 Å². The van der Waals surface area contributed by atoms with Gasteiger partial charge in [0.2, 0.25) is 0 Å². The van der Waals surface area contributed by atoms with Crippen molar-refractivity contribution in [2.24, 2.45) is 10.9 Å². The fourth-order valence-corrected chi connectivity index (χ4v) is 1.76. The molecular formula is C11H22ClN3O2. The van der Waals surface area contributed by atoms with E-state index in [9.17, 15) is 4.79 Å². The van der Waals surface area contributed by atoms with Crippen molar-refractivity contribution in [3.8, 4) is 0 Å². The van der Waals surface area contributed by atoms with E-state index in [2.05, 4.69) is 5.10 Å². The van der Waals surface area contributed by atoms with Crippen LogP contribution in [0.2, 0.25) is 0 Å². The highest BCUT2D eigenvalue weighted by atomic mass is 35.5. The number of halogens is 1. The van der Waals surface area contributed by atoms with Gasteiger partial charge in [0.1, 0.15) is 5.60 Å². The maximum Gasteiger partial charge on any atom is 0.410 e. The Morgan fingerprint density at radius 3 is 2.65 bits per heavy atom. The van der Waals surface area contributed by atoms with Gasteiger partial charge in [-0.2, -0.15) is 5.10 Å². The van der Waals surface area contributed by atoms with Crippen LogP contribution in [-0.2, 0) is 4.74 Å². The molecule has 100 valence electrons. The summed E-state index contributed by atoms with van der Waals surface area (Å²) in [6.45, 7) is 6.30. The molecule has 0 radical (unpaired) electrons. The smallest absolute Gasteiger partial charge is 0.410 e. The molecule has 1 amide bonds. The van der Waals surface area contributed by atoms with Gasteiger partial charge >= 0.3 is 6.09 Å². The molecule has 17 heavy (non-hydrogen) atoms. The predicted molar refractivity (Wildman–Crippen MR) is 70.5 cm³/mol. The maximum absolute atomic E-state index is 11.9. The van der Waals surface area contributed by atoms with Gasteiger partial charge in [-0.15, -0.1) is 12.4 Å². The van der Waals surface area contributed by atoms with Gasteiger partial charge in [0.15, 0.2) is 0 Å². The summed E-state index contributed by atoms with van der Waals surface area (Å²) < 4.78 is 5.34. The standard InChI is InChI=1S/C11H21N3O2.ClH/c1-11(2,3)16-10(15)14-7-5-4-6-9(14)8-13-12;/h8-9H,4-7,12H2,1-3H3;1H/b13-8+;. The molecule has 5 nitrogen and oxygen atoms in total. The number of nitrogens with zero attached hydrogens (tertiary/aromatic N) is 2. The van der Waals surface area contributed by atoms with Gasteiger partial charge in [0, 0.05) is 12.8 Å².